The molecule has 2 saturated heterocycles. The largest absolute Gasteiger partial charge is 0.494 e. The molecule has 2 aliphatic rings. The molecule has 3 rings (SSSR count). The molecule has 0 aromatic heterocycles. The highest BCUT2D eigenvalue weighted by Gasteiger charge is 2.41. The Morgan fingerprint density at radius 3 is 2.46 bits per heavy atom. The third-order valence-electron chi connectivity index (χ3n) is 4.59. The summed E-state index contributed by atoms with van der Waals surface area (Å²) in [4.78, 5) is 0.310. The molecule has 0 unspecified atom stereocenters. The zero-order valence-corrected chi connectivity index (χ0v) is 15.1. The highest BCUT2D eigenvalue weighted by molar-refractivity contribution is 7.89. The molecular formula is C17H25NO5S. The van der Waals surface area contributed by atoms with E-state index in [9.17, 15) is 8.42 Å². The molecular weight excluding hydrogens is 330 g/mol. The van der Waals surface area contributed by atoms with Crippen LogP contribution in [0.15, 0.2) is 23.1 Å². The normalized spacial score (nSPS) is 21.8. The maximum atomic E-state index is 12.9. The molecule has 6 nitrogen and oxygen atoms in total. The van der Waals surface area contributed by atoms with Crippen LogP contribution in [-0.4, -0.2) is 51.4 Å². The number of rotatable bonds is 4. The summed E-state index contributed by atoms with van der Waals surface area (Å²) in [6, 6.07) is 5.02. The molecule has 2 fully saturated rings. The van der Waals surface area contributed by atoms with E-state index in [0.717, 1.165) is 17.7 Å². The van der Waals surface area contributed by atoms with E-state index in [-0.39, 0.29) is 0 Å². The Morgan fingerprint density at radius 1 is 1.21 bits per heavy atom. The molecule has 24 heavy (non-hydrogen) atoms. The Hall–Kier alpha value is -1.15. The van der Waals surface area contributed by atoms with Crippen LogP contribution in [0.25, 0.3) is 0 Å². The first-order chi connectivity index (χ1) is 11.5. The predicted octanol–water partition coefficient (Wildman–Crippen LogP) is 2.31. The van der Waals surface area contributed by atoms with E-state index in [0.29, 0.717) is 50.6 Å². The van der Waals surface area contributed by atoms with Gasteiger partial charge in [0.05, 0.1) is 24.7 Å². The van der Waals surface area contributed by atoms with Crippen molar-refractivity contribution in [3.8, 4) is 5.75 Å². The number of nitrogens with zero attached hydrogens (tertiary/aromatic N) is 1. The first kappa shape index (κ1) is 17.7. The van der Waals surface area contributed by atoms with Crippen molar-refractivity contribution in [1.82, 2.24) is 4.31 Å². The van der Waals surface area contributed by atoms with Crippen molar-refractivity contribution in [3.63, 3.8) is 0 Å². The monoisotopic (exact) mass is 355 g/mol. The van der Waals surface area contributed by atoms with Crippen LogP contribution in [0.3, 0.4) is 0 Å². The van der Waals surface area contributed by atoms with Crippen molar-refractivity contribution in [2.75, 3.05) is 32.9 Å². The van der Waals surface area contributed by atoms with Crippen LogP contribution >= 0.6 is 0 Å². The zero-order valence-electron chi connectivity index (χ0n) is 14.3. The molecule has 0 bridgehead atoms. The molecule has 0 aliphatic carbocycles. The molecule has 0 radical (unpaired) electrons. The van der Waals surface area contributed by atoms with E-state index < -0.39 is 15.8 Å². The highest BCUT2D eigenvalue weighted by atomic mass is 32.2. The number of benzene rings is 1. The molecule has 1 aromatic rings. The fraction of sp³-hybridized carbons (Fsp3) is 0.647. The summed E-state index contributed by atoms with van der Waals surface area (Å²) in [5.74, 6) is 0.136. The molecule has 0 saturated carbocycles. The molecule has 134 valence electrons. The molecule has 0 amide bonds. The Kier molecular flexibility index (Phi) is 5.15. The van der Waals surface area contributed by atoms with Gasteiger partial charge in [0, 0.05) is 25.9 Å². The minimum Gasteiger partial charge on any atom is -0.494 e. The number of ether oxygens (including phenoxy) is 3. The number of piperidine rings is 1. The zero-order chi connectivity index (χ0) is 17.2. The molecule has 2 aliphatic heterocycles. The van der Waals surface area contributed by atoms with Crippen LogP contribution in [0.5, 0.6) is 5.75 Å². The van der Waals surface area contributed by atoms with Gasteiger partial charge >= 0.3 is 0 Å². The minimum absolute atomic E-state index is 0.310. The number of aryl methyl sites for hydroxylation is 1. The van der Waals surface area contributed by atoms with Crippen molar-refractivity contribution in [1.29, 1.82) is 0 Å². The van der Waals surface area contributed by atoms with Gasteiger partial charge in [-0.25, -0.2) is 8.42 Å². The maximum absolute atomic E-state index is 12.9. The van der Waals surface area contributed by atoms with E-state index in [2.05, 4.69) is 0 Å². The van der Waals surface area contributed by atoms with E-state index in [1.165, 1.54) is 4.31 Å². The lowest BCUT2D eigenvalue weighted by Gasteiger charge is -2.42. The average molecular weight is 355 g/mol. The van der Waals surface area contributed by atoms with Gasteiger partial charge in [-0.3, -0.25) is 0 Å². The summed E-state index contributed by atoms with van der Waals surface area (Å²) in [6.07, 6.45) is 2.04. The summed E-state index contributed by atoms with van der Waals surface area (Å²) in [7, 11) is -3.50. The van der Waals surface area contributed by atoms with E-state index in [1.54, 1.807) is 18.2 Å². The van der Waals surface area contributed by atoms with Crippen molar-refractivity contribution in [3.05, 3.63) is 23.8 Å². The first-order valence-electron chi connectivity index (χ1n) is 8.48. The number of hydrogen-bond donors (Lipinski definition) is 0. The van der Waals surface area contributed by atoms with Gasteiger partial charge in [0.1, 0.15) is 5.75 Å². The quantitative estimate of drug-likeness (QED) is 0.829. The van der Waals surface area contributed by atoms with Crippen LogP contribution in [0, 0.1) is 6.92 Å². The summed E-state index contributed by atoms with van der Waals surface area (Å²) >= 11 is 0. The van der Waals surface area contributed by atoms with Gasteiger partial charge in [0.2, 0.25) is 10.0 Å². The molecule has 0 atom stereocenters. The number of sulfonamides is 1. The molecule has 0 N–H and O–H groups in total. The third kappa shape index (κ3) is 3.44. The van der Waals surface area contributed by atoms with Gasteiger partial charge in [-0.15, -0.1) is 0 Å². The second-order valence-corrected chi connectivity index (χ2v) is 8.16. The molecule has 7 heteroatoms. The lowest BCUT2D eigenvalue weighted by molar-refractivity contribution is -0.280. The van der Waals surface area contributed by atoms with Crippen LogP contribution < -0.4 is 4.74 Å². The molecule has 1 spiro atoms. The second kappa shape index (κ2) is 7.00. The summed E-state index contributed by atoms with van der Waals surface area (Å²) in [6.45, 7) is 6.52. The van der Waals surface area contributed by atoms with Crippen molar-refractivity contribution >= 4 is 10.0 Å². The fourth-order valence-electron chi connectivity index (χ4n) is 3.22. The van der Waals surface area contributed by atoms with Gasteiger partial charge in [-0.1, -0.05) is 0 Å². The van der Waals surface area contributed by atoms with Gasteiger partial charge in [0.15, 0.2) is 5.79 Å². The third-order valence-corrected chi connectivity index (χ3v) is 6.48. The maximum Gasteiger partial charge on any atom is 0.243 e. The van der Waals surface area contributed by atoms with Crippen LogP contribution in [0.2, 0.25) is 0 Å². The van der Waals surface area contributed by atoms with Gasteiger partial charge in [-0.2, -0.15) is 4.31 Å². The summed E-state index contributed by atoms with van der Waals surface area (Å²) in [5.41, 5.74) is 0.824. The summed E-state index contributed by atoms with van der Waals surface area (Å²) in [5, 5.41) is 0. The van der Waals surface area contributed by atoms with Crippen LogP contribution in [-0.2, 0) is 19.5 Å². The van der Waals surface area contributed by atoms with E-state index >= 15 is 0 Å². The fourth-order valence-corrected chi connectivity index (χ4v) is 4.75. The van der Waals surface area contributed by atoms with Crippen molar-refractivity contribution in [2.24, 2.45) is 0 Å². The second-order valence-electron chi connectivity index (χ2n) is 6.23. The van der Waals surface area contributed by atoms with Gasteiger partial charge in [-0.05, 0) is 44.0 Å². The standard InChI is InChI=1S/C17H25NO5S/c1-3-21-16-6-5-15(13-14(16)2)24(19,20)18-9-7-17(8-10-18)22-11-4-12-23-17/h5-6,13H,3-4,7-12H2,1-2H3. The van der Waals surface area contributed by atoms with Crippen molar-refractivity contribution < 1.29 is 22.6 Å². The average Bonchev–Trinajstić information content (AvgIpc) is 2.58. The predicted molar refractivity (Wildman–Crippen MR) is 89.6 cm³/mol. The summed E-state index contributed by atoms with van der Waals surface area (Å²) < 4.78 is 44.3. The van der Waals surface area contributed by atoms with Gasteiger partial charge < -0.3 is 14.2 Å². The molecule has 1 aromatic carbocycles. The number of hydrogen-bond acceptors (Lipinski definition) is 5. The minimum atomic E-state index is -3.50. The smallest absolute Gasteiger partial charge is 0.243 e. The Morgan fingerprint density at radius 2 is 1.88 bits per heavy atom. The van der Waals surface area contributed by atoms with Crippen molar-refractivity contribution in [2.45, 2.75) is 43.8 Å². The topological polar surface area (TPSA) is 65.1 Å². The Bertz CT molecular complexity index is 672. The van der Waals surface area contributed by atoms with Crippen LogP contribution in [0.4, 0.5) is 0 Å². The molecule has 2 heterocycles. The Balaban J connectivity index is 1.73. The first-order valence-corrected chi connectivity index (χ1v) is 9.92. The highest BCUT2D eigenvalue weighted by Crippen LogP contribution is 2.33. The lowest BCUT2D eigenvalue weighted by Crippen LogP contribution is -2.51. The SMILES string of the molecule is CCOc1ccc(S(=O)(=O)N2CCC3(CC2)OCCCO3)cc1C. The lowest BCUT2D eigenvalue weighted by atomic mass is 10.0. The Labute approximate surface area is 143 Å². The van der Waals surface area contributed by atoms with Gasteiger partial charge in [0.25, 0.3) is 0 Å². The van der Waals surface area contributed by atoms with E-state index in [4.69, 9.17) is 14.2 Å². The van der Waals surface area contributed by atoms with E-state index in [1.807, 2.05) is 13.8 Å². The van der Waals surface area contributed by atoms with Crippen LogP contribution in [0.1, 0.15) is 31.7 Å².